The van der Waals surface area contributed by atoms with Gasteiger partial charge >= 0.3 is 0 Å². The third kappa shape index (κ3) is 1.62. The SMILES string of the molecule is CNC(C1CCCC1)C1(CN)CC1. The lowest BCUT2D eigenvalue weighted by atomic mass is 9.84. The summed E-state index contributed by atoms with van der Waals surface area (Å²) in [5, 5.41) is 3.52. The molecule has 0 radical (unpaired) electrons. The third-order valence-electron chi connectivity index (χ3n) is 4.14. The van der Waals surface area contributed by atoms with E-state index in [1.54, 1.807) is 0 Å². The molecule has 2 rings (SSSR count). The van der Waals surface area contributed by atoms with Crippen LogP contribution in [0.25, 0.3) is 0 Å². The van der Waals surface area contributed by atoms with E-state index in [1.807, 2.05) is 0 Å². The second kappa shape index (κ2) is 3.58. The average Bonchev–Trinajstić information content (AvgIpc) is 2.75. The van der Waals surface area contributed by atoms with Gasteiger partial charge in [-0.1, -0.05) is 12.8 Å². The molecule has 1 unspecified atom stereocenters. The van der Waals surface area contributed by atoms with Crippen LogP contribution in [-0.4, -0.2) is 19.6 Å². The summed E-state index contributed by atoms with van der Waals surface area (Å²) in [5.41, 5.74) is 6.36. The molecule has 0 aromatic heterocycles. The number of nitrogens with one attached hydrogen (secondary N) is 1. The third-order valence-corrected chi connectivity index (χ3v) is 4.14. The van der Waals surface area contributed by atoms with E-state index in [0.717, 1.165) is 12.5 Å². The van der Waals surface area contributed by atoms with Gasteiger partial charge in [0.15, 0.2) is 0 Å². The first-order chi connectivity index (χ1) is 6.32. The first-order valence-corrected chi connectivity index (χ1v) is 5.70. The molecule has 0 saturated heterocycles. The molecule has 0 aromatic carbocycles. The van der Waals surface area contributed by atoms with E-state index in [9.17, 15) is 0 Å². The van der Waals surface area contributed by atoms with Crippen molar-refractivity contribution in [3.05, 3.63) is 0 Å². The zero-order valence-electron chi connectivity index (χ0n) is 8.68. The lowest BCUT2D eigenvalue weighted by molar-refractivity contribution is 0.257. The lowest BCUT2D eigenvalue weighted by Crippen LogP contribution is -2.44. The highest BCUT2D eigenvalue weighted by Crippen LogP contribution is 2.51. The fraction of sp³-hybridized carbons (Fsp3) is 1.00. The van der Waals surface area contributed by atoms with Crippen molar-refractivity contribution >= 4 is 0 Å². The highest BCUT2D eigenvalue weighted by molar-refractivity contribution is 5.05. The molecule has 0 aliphatic heterocycles. The van der Waals surface area contributed by atoms with Crippen molar-refractivity contribution in [1.82, 2.24) is 5.32 Å². The summed E-state index contributed by atoms with van der Waals surface area (Å²) in [6.07, 6.45) is 8.42. The fourth-order valence-corrected chi connectivity index (χ4v) is 3.14. The molecule has 0 aromatic rings. The molecule has 76 valence electrons. The Morgan fingerprint density at radius 2 is 2.00 bits per heavy atom. The van der Waals surface area contributed by atoms with Gasteiger partial charge in [-0.15, -0.1) is 0 Å². The van der Waals surface area contributed by atoms with E-state index >= 15 is 0 Å². The van der Waals surface area contributed by atoms with Gasteiger partial charge in [-0.3, -0.25) is 0 Å². The maximum absolute atomic E-state index is 5.87. The highest BCUT2D eigenvalue weighted by atomic mass is 14.9. The van der Waals surface area contributed by atoms with Crippen molar-refractivity contribution in [2.45, 2.75) is 44.6 Å². The minimum atomic E-state index is 0.490. The average molecular weight is 182 g/mol. The summed E-state index contributed by atoms with van der Waals surface area (Å²) in [6, 6.07) is 0.708. The molecule has 0 heterocycles. The number of hydrogen-bond donors (Lipinski definition) is 2. The van der Waals surface area contributed by atoms with Crippen LogP contribution in [0.1, 0.15) is 38.5 Å². The predicted octanol–water partition coefficient (Wildman–Crippen LogP) is 1.50. The van der Waals surface area contributed by atoms with E-state index in [-0.39, 0.29) is 0 Å². The molecule has 13 heavy (non-hydrogen) atoms. The Morgan fingerprint density at radius 3 is 2.38 bits per heavy atom. The zero-order chi connectivity index (χ0) is 9.31. The monoisotopic (exact) mass is 182 g/mol. The summed E-state index contributed by atoms with van der Waals surface area (Å²) in [4.78, 5) is 0. The smallest absolute Gasteiger partial charge is 0.0161 e. The van der Waals surface area contributed by atoms with Gasteiger partial charge in [-0.05, 0) is 50.6 Å². The number of hydrogen-bond acceptors (Lipinski definition) is 2. The summed E-state index contributed by atoms with van der Waals surface area (Å²) < 4.78 is 0. The van der Waals surface area contributed by atoms with Crippen molar-refractivity contribution in [1.29, 1.82) is 0 Å². The Hall–Kier alpha value is -0.0800. The normalized spacial score (nSPS) is 29.1. The lowest BCUT2D eigenvalue weighted by Gasteiger charge is -2.30. The summed E-state index contributed by atoms with van der Waals surface area (Å²) in [5.74, 6) is 0.913. The molecule has 2 aliphatic carbocycles. The van der Waals surface area contributed by atoms with Crippen LogP contribution in [0.4, 0.5) is 0 Å². The topological polar surface area (TPSA) is 38.0 Å². The van der Waals surface area contributed by atoms with Gasteiger partial charge in [-0.2, -0.15) is 0 Å². The van der Waals surface area contributed by atoms with E-state index in [2.05, 4.69) is 12.4 Å². The second-order valence-corrected chi connectivity index (χ2v) is 4.88. The summed E-state index contributed by atoms with van der Waals surface area (Å²) in [7, 11) is 2.11. The van der Waals surface area contributed by atoms with Gasteiger partial charge in [0.05, 0.1) is 0 Å². The van der Waals surface area contributed by atoms with Crippen molar-refractivity contribution < 1.29 is 0 Å². The van der Waals surface area contributed by atoms with Crippen LogP contribution in [0.5, 0.6) is 0 Å². The van der Waals surface area contributed by atoms with E-state index in [1.165, 1.54) is 38.5 Å². The molecular weight excluding hydrogens is 160 g/mol. The molecule has 0 bridgehead atoms. The van der Waals surface area contributed by atoms with Crippen LogP contribution < -0.4 is 11.1 Å². The van der Waals surface area contributed by atoms with Crippen LogP contribution in [-0.2, 0) is 0 Å². The Kier molecular flexibility index (Phi) is 2.61. The van der Waals surface area contributed by atoms with Crippen molar-refractivity contribution in [3.8, 4) is 0 Å². The van der Waals surface area contributed by atoms with Crippen LogP contribution in [0.3, 0.4) is 0 Å². The first kappa shape index (κ1) is 9.47. The van der Waals surface area contributed by atoms with Crippen LogP contribution in [0.15, 0.2) is 0 Å². The van der Waals surface area contributed by atoms with Crippen molar-refractivity contribution in [3.63, 3.8) is 0 Å². The Labute approximate surface area is 81.3 Å². The molecule has 0 spiro atoms. The molecule has 2 saturated carbocycles. The zero-order valence-corrected chi connectivity index (χ0v) is 8.68. The highest BCUT2D eigenvalue weighted by Gasteiger charge is 2.50. The molecule has 3 N–H and O–H groups in total. The van der Waals surface area contributed by atoms with Crippen molar-refractivity contribution in [2.24, 2.45) is 17.1 Å². The molecule has 0 amide bonds. The Bertz CT molecular complexity index is 169. The number of nitrogens with two attached hydrogens (primary N) is 1. The predicted molar refractivity (Wildman–Crippen MR) is 55.5 cm³/mol. The Morgan fingerprint density at radius 1 is 1.38 bits per heavy atom. The maximum Gasteiger partial charge on any atom is 0.0161 e. The van der Waals surface area contributed by atoms with Gasteiger partial charge in [0.2, 0.25) is 0 Å². The van der Waals surface area contributed by atoms with E-state index in [4.69, 9.17) is 5.73 Å². The quantitative estimate of drug-likeness (QED) is 0.691. The van der Waals surface area contributed by atoms with E-state index < -0.39 is 0 Å². The molecule has 2 heteroatoms. The molecule has 1 atom stereocenters. The van der Waals surface area contributed by atoms with Gasteiger partial charge < -0.3 is 11.1 Å². The summed E-state index contributed by atoms with van der Waals surface area (Å²) in [6.45, 7) is 0.884. The second-order valence-electron chi connectivity index (χ2n) is 4.88. The minimum absolute atomic E-state index is 0.490. The number of rotatable bonds is 4. The first-order valence-electron chi connectivity index (χ1n) is 5.70. The van der Waals surface area contributed by atoms with Gasteiger partial charge in [0.1, 0.15) is 0 Å². The standard InChI is InChI=1S/C11H22N2/c1-13-10(9-4-2-3-5-9)11(8-12)6-7-11/h9-10,13H,2-8,12H2,1H3. The molecule has 2 nitrogen and oxygen atoms in total. The largest absolute Gasteiger partial charge is 0.330 e. The van der Waals surface area contributed by atoms with Crippen LogP contribution in [0, 0.1) is 11.3 Å². The summed E-state index contributed by atoms with van der Waals surface area (Å²) >= 11 is 0. The van der Waals surface area contributed by atoms with Crippen LogP contribution in [0.2, 0.25) is 0 Å². The Balaban J connectivity index is 1.99. The molecule has 2 aliphatic rings. The van der Waals surface area contributed by atoms with Crippen LogP contribution >= 0.6 is 0 Å². The molecule has 2 fully saturated rings. The van der Waals surface area contributed by atoms with Gasteiger partial charge in [0.25, 0.3) is 0 Å². The maximum atomic E-state index is 5.87. The minimum Gasteiger partial charge on any atom is -0.330 e. The van der Waals surface area contributed by atoms with Gasteiger partial charge in [0, 0.05) is 6.04 Å². The fourth-order valence-electron chi connectivity index (χ4n) is 3.14. The van der Waals surface area contributed by atoms with Crippen molar-refractivity contribution in [2.75, 3.05) is 13.6 Å². The van der Waals surface area contributed by atoms with Gasteiger partial charge in [-0.25, -0.2) is 0 Å². The molecular formula is C11H22N2. The van der Waals surface area contributed by atoms with E-state index in [0.29, 0.717) is 11.5 Å².